The third-order valence-corrected chi connectivity index (χ3v) is 7.45. The third kappa shape index (κ3) is 2.76. The maximum atomic E-state index is 12.5. The van der Waals surface area contributed by atoms with Gasteiger partial charge in [-0.3, -0.25) is 0 Å². The summed E-state index contributed by atoms with van der Waals surface area (Å²) < 4.78 is 32.7. The maximum Gasteiger partial charge on any atom is 0.253 e. The summed E-state index contributed by atoms with van der Waals surface area (Å²) in [5.74, 6) is 0. The molecule has 1 unspecified atom stereocenters. The van der Waals surface area contributed by atoms with E-state index in [2.05, 4.69) is 15.9 Å². The van der Waals surface area contributed by atoms with Gasteiger partial charge in [-0.25, -0.2) is 8.42 Å². The van der Waals surface area contributed by atoms with Crippen molar-refractivity contribution in [1.82, 2.24) is 4.31 Å². The number of nitrogens with zero attached hydrogens (tertiary/aromatic N) is 1. The molecule has 1 saturated heterocycles. The summed E-state index contributed by atoms with van der Waals surface area (Å²) in [5.41, 5.74) is 0.795. The first-order valence-corrected chi connectivity index (χ1v) is 9.14. The van der Waals surface area contributed by atoms with Crippen LogP contribution in [0.3, 0.4) is 0 Å². The number of hydrogen-bond acceptors (Lipinski definition) is 4. The molecule has 0 aliphatic carbocycles. The smallest absolute Gasteiger partial charge is 0.253 e. The van der Waals surface area contributed by atoms with E-state index in [0.29, 0.717) is 33.6 Å². The highest BCUT2D eigenvalue weighted by molar-refractivity contribution is 9.09. The molecule has 2 rings (SSSR count). The highest BCUT2D eigenvalue weighted by atomic mass is 79.9. The summed E-state index contributed by atoms with van der Waals surface area (Å²) >= 11 is 10.4. The number of aryl methyl sites for hydroxylation is 1. The van der Waals surface area contributed by atoms with Gasteiger partial charge in [0.15, 0.2) is 0 Å². The van der Waals surface area contributed by atoms with Crippen LogP contribution in [0, 0.1) is 6.92 Å². The van der Waals surface area contributed by atoms with Crippen LogP contribution < -0.4 is 0 Å². The van der Waals surface area contributed by atoms with Gasteiger partial charge in [0.25, 0.3) is 10.0 Å². The fourth-order valence-electron chi connectivity index (χ4n) is 1.75. The summed E-state index contributed by atoms with van der Waals surface area (Å²) in [6.45, 7) is 3.04. The van der Waals surface area contributed by atoms with Crippen molar-refractivity contribution < 1.29 is 13.2 Å². The van der Waals surface area contributed by atoms with E-state index in [0.717, 1.165) is 16.9 Å². The van der Waals surface area contributed by atoms with Crippen LogP contribution in [0.5, 0.6) is 0 Å². The summed E-state index contributed by atoms with van der Waals surface area (Å²) in [6.07, 6.45) is 0. The highest BCUT2D eigenvalue weighted by Crippen LogP contribution is 2.33. The van der Waals surface area contributed by atoms with E-state index in [1.807, 2.05) is 0 Å². The molecule has 4 nitrogen and oxygen atoms in total. The van der Waals surface area contributed by atoms with Gasteiger partial charge in [-0.2, -0.15) is 4.31 Å². The molecular weight excluding hydrogens is 362 g/mol. The molecule has 0 amide bonds. The topological polar surface area (TPSA) is 46.6 Å². The normalized spacial score (nSPS) is 22.3. The van der Waals surface area contributed by atoms with Gasteiger partial charge in [0.2, 0.25) is 0 Å². The van der Waals surface area contributed by atoms with E-state index in [1.54, 1.807) is 13.0 Å². The average Bonchev–Trinajstić information content (AvgIpc) is 2.70. The van der Waals surface area contributed by atoms with Crippen LogP contribution in [0.2, 0.25) is 4.34 Å². The molecule has 0 N–H and O–H groups in total. The van der Waals surface area contributed by atoms with Crippen LogP contribution in [-0.2, 0) is 14.8 Å². The van der Waals surface area contributed by atoms with Crippen molar-refractivity contribution in [2.75, 3.05) is 25.1 Å². The lowest BCUT2D eigenvalue weighted by Gasteiger charge is -2.32. The van der Waals surface area contributed by atoms with Gasteiger partial charge in [0.1, 0.15) is 4.21 Å². The Bertz CT molecular complexity index is 512. The lowest BCUT2D eigenvalue weighted by molar-refractivity contribution is 0.0414. The van der Waals surface area contributed by atoms with Crippen molar-refractivity contribution in [2.24, 2.45) is 0 Å². The van der Waals surface area contributed by atoms with Crippen molar-refractivity contribution in [3.63, 3.8) is 0 Å². The molecule has 102 valence electrons. The molecule has 0 aromatic carbocycles. The minimum Gasteiger partial charge on any atom is -0.378 e. The fraction of sp³-hybridized carbons (Fsp3) is 0.600. The minimum absolute atomic E-state index is 0.162. The van der Waals surface area contributed by atoms with Gasteiger partial charge < -0.3 is 4.74 Å². The number of halogens is 2. The monoisotopic (exact) mass is 373 g/mol. The van der Waals surface area contributed by atoms with E-state index >= 15 is 0 Å². The van der Waals surface area contributed by atoms with Gasteiger partial charge >= 0.3 is 0 Å². The Hall–Kier alpha value is 0.340. The van der Waals surface area contributed by atoms with Crippen LogP contribution in [0.1, 0.15) is 5.56 Å². The summed E-state index contributed by atoms with van der Waals surface area (Å²) in [7, 11) is -3.47. The molecule has 1 fully saturated rings. The molecular formula is C10H13BrClNO3S2. The van der Waals surface area contributed by atoms with Gasteiger partial charge in [0, 0.05) is 11.9 Å². The maximum absolute atomic E-state index is 12.5. The fourth-order valence-corrected chi connectivity index (χ4v) is 5.91. The molecule has 0 spiro atoms. The highest BCUT2D eigenvalue weighted by Gasteiger charge is 2.34. The molecule has 1 aliphatic heterocycles. The number of alkyl halides is 1. The van der Waals surface area contributed by atoms with E-state index in [9.17, 15) is 8.42 Å². The zero-order valence-corrected chi connectivity index (χ0v) is 13.7. The largest absolute Gasteiger partial charge is 0.378 e. The lowest BCUT2D eigenvalue weighted by Crippen LogP contribution is -2.49. The number of rotatable bonds is 3. The third-order valence-electron chi connectivity index (χ3n) is 2.75. The van der Waals surface area contributed by atoms with E-state index in [1.165, 1.54) is 4.31 Å². The first kappa shape index (κ1) is 14.7. The Kier molecular flexibility index (Phi) is 4.72. The molecule has 18 heavy (non-hydrogen) atoms. The predicted molar refractivity (Wildman–Crippen MR) is 76.4 cm³/mol. The summed E-state index contributed by atoms with van der Waals surface area (Å²) in [4.78, 5) is 0. The standard InChI is InChI=1S/C10H13BrClNO3S2/c1-7-4-9(17-10(7)12)18(14,15)13-2-3-16-6-8(13)5-11/h4,8H,2-3,5-6H2,1H3. The Morgan fingerprint density at radius 3 is 2.94 bits per heavy atom. The SMILES string of the molecule is Cc1cc(S(=O)(=O)N2CCOCC2CBr)sc1Cl. The molecule has 8 heteroatoms. The second-order valence-corrected chi connectivity index (χ2v) is 8.44. The van der Waals surface area contributed by atoms with Crippen LogP contribution in [0.25, 0.3) is 0 Å². The van der Waals surface area contributed by atoms with Gasteiger partial charge in [-0.15, -0.1) is 11.3 Å². The molecule has 1 aromatic rings. The molecule has 1 aliphatic rings. The average molecular weight is 375 g/mol. The molecule has 0 saturated carbocycles. The van der Waals surface area contributed by atoms with Crippen LogP contribution in [0.15, 0.2) is 10.3 Å². The minimum atomic E-state index is -3.47. The van der Waals surface area contributed by atoms with Gasteiger partial charge in [-0.1, -0.05) is 27.5 Å². The molecule has 1 atom stereocenters. The van der Waals surface area contributed by atoms with E-state index in [4.69, 9.17) is 16.3 Å². The Balaban J connectivity index is 2.35. The second kappa shape index (κ2) is 5.76. The zero-order chi connectivity index (χ0) is 13.3. The number of ether oxygens (including phenoxy) is 1. The van der Waals surface area contributed by atoms with Crippen LogP contribution in [-0.4, -0.2) is 43.9 Å². The van der Waals surface area contributed by atoms with Crippen LogP contribution >= 0.6 is 38.9 Å². The lowest BCUT2D eigenvalue weighted by atomic mass is 10.3. The quantitative estimate of drug-likeness (QED) is 0.764. The number of thiophene rings is 1. The van der Waals surface area contributed by atoms with E-state index in [-0.39, 0.29) is 6.04 Å². The Labute approximate surface area is 124 Å². The zero-order valence-electron chi connectivity index (χ0n) is 9.73. The van der Waals surface area contributed by atoms with Crippen molar-refractivity contribution in [3.05, 3.63) is 16.0 Å². The molecule has 1 aromatic heterocycles. The van der Waals surface area contributed by atoms with Gasteiger partial charge in [0.05, 0.1) is 23.6 Å². The number of hydrogen-bond donors (Lipinski definition) is 0. The Morgan fingerprint density at radius 1 is 1.67 bits per heavy atom. The van der Waals surface area contributed by atoms with Crippen molar-refractivity contribution >= 4 is 48.9 Å². The molecule has 0 bridgehead atoms. The first-order chi connectivity index (χ1) is 8.46. The van der Waals surface area contributed by atoms with Crippen molar-refractivity contribution in [1.29, 1.82) is 0 Å². The van der Waals surface area contributed by atoms with E-state index < -0.39 is 10.0 Å². The van der Waals surface area contributed by atoms with Crippen LogP contribution in [0.4, 0.5) is 0 Å². The number of morpholine rings is 1. The molecule has 2 heterocycles. The summed E-state index contributed by atoms with van der Waals surface area (Å²) in [6, 6.07) is 1.47. The first-order valence-electron chi connectivity index (χ1n) is 5.38. The molecule has 0 radical (unpaired) electrons. The number of sulfonamides is 1. The van der Waals surface area contributed by atoms with Crippen molar-refractivity contribution in [3.8, 4) is 0 Å². The van der Waals surface area contributed by atoms with Crippen molar-refractivity contribution in [2.45, 2.75) is 17.2 Å². The van der Waals surface area contributed by atoms with Gasteiger partial charge in [-0.05, 0) is 18.6 Å². The Morgan fingerprint density at radius 2 is 2.39 bits per heavy atom. The predicted octanol–water partition coefficient (Wildman–Crippen LogP) is 2.49. The summed E-state index contributed by atoms with van der Waals surface area (Å²) in [5, 5.41) is 0.560. The second-order valence-electron chi connectivity index (χ2n) is 4.02.